The summed E-state index contributed by atoms with van der Waals surface area (Å²) in [6, 6.07) is 11.7. The van der Waals surface area contributed by atoms with E-state index in [0.29, 0.717) is 6.61 Å². The van der Waals surface area contributed by atoms with E-state index in [0.717, 1.165) is 42.0 Å². The Morgan fingerprint density at radius 1 is 1.26 bits per heavy atom. The van der Waals surface area contributed by atoms with Gasteiger partial charge in [-0.2, -0.15) is 0 Å². The minimum absolute atomic E-state index is 0. The monoisotopic (exact) mass is 315 g/mol. The third kappa shape index (κ3) is 4.29. The molecule has 5 heteroatoms. The first-order valence-electron chi connectivity index (χ1n) is 7.89. The van der Waals surface area contributed by atoms with Gasteiger partial charge in [-0.25, -0.2) is 4.79 Å². The highest BCUT2D eigenvalue weighted by Gasteiger charge is 2.16. The Morgan fingerprint density at radius 3 is 2.78 bits per heavy atom. The van der Waals surface area contributed by atoms with Crippen molar-refractivity contribution in [1.29, 1.82) is 0 Å². The van der Waals surface area contributed by atoms with Gasteiger partial charge in [0.1, 0.15) is 0 Å². The molecule has 23 heavy (non-hydrogen) atoms. The van der Waals surface area contributed by atoms with E-state index in [4.69, 9.17) is 4.74 Å². The van der Waals surface area contributed by atoms with Crippen molar-refractivity contribution in [1.82, 2.24) is 10.3 Å². The molecule has 1 atom stereocenters. The van der Waals surface area contributed by atoms with E-state index >= 15 is 0 Å². The molecule has 2 amide bonds. The lowest BCUT2D eigenvalue weighted by Gasteiger charge is -2.23. The van der Waals surface area contributed by atoms with E-state index in [1.54, 1.807) is 6.20 Å². The van der Waals surface area contributed by atoms with Crippen LogP contribution in [0.3, 0.4) is 0 Å². The number of hydrogen-bond donors (Lipinski definition) is 2. The Bertz CT molecular complexity index is 674. The molecule has 1 aliphatic heterocycles. The van der Waals surface area contributed by atoms with Crippen LogP contribution in [0.4, 0.5) is 10.5 Å². The molecule has 0 spiro atoms. The normalized spacial score (nSPS) is 17.5. The maximum absolute atomic E-state index is 12.0. The standard InChI is InChI=1S/C18H21N3O2.2H2/c1-13-11-15(8-9-19-13)14-4-6-16(7-5-14)20-18(22)21-17-3-2-10-23-12-17;;/h4-9,11,17H,2-3,10,12H2,1H3,(H2,20,21,22);2*1H. The minimum atomic E-state index is -0.187. The van der Waals surface area contributed by atoms with Crippen LogP contribution in [-0.2, 0) is 4.74 Å². The maximum Gasteiger partial charge on any atom is 0.319 e. The van der Waals surface area contributed by atoms with Crippen molar-refractivity contribution < 1.29 is 12.4 Å². The van der Waals surface area contributed by atoms with Gasteiger partial charge in [0.15, 0.2) is 0 Å². The van der Waals surface area contributed by atoms with Gasteiger partial charge in [0.25, 0.3) is 0 Å². The van der Waals surface area contributed by atoms with Crippen molar-refractivity contribution in [2.75, 3.05) is 18.5 Å². The molecule has 1 aliphatic rings. The zero-order valence-electron chi connectivity index (χ0n) is 13.2. The second-order valence-corrected chi connectivity index (χ2v) is 5.78. The molecule has 2 N–H and O–H groups in total. The molecule has 124 valence electrons. The van der Waals surface area contributed by atoms with Crippen LogP contribution in [0.25, 0.3) is 11.1 Å². The van der Waals surface area contributed by atoms with Gasteiger partial charge in [-0.15, -0.1) is 0 Å². The second kappa shape index (κ2) is 7.24. The number of amides is 2. The van der Waals surface area contributed by atoms with Crippen LogP contribution in [0.15, 0.2) is 42.6 Å². The van der Waals surface area contributed by atoms with Gasteiger partial charge in [-0.3, -0.25) is 4.98 Å². The van der Waals surface area contributed by atoms with Crippen LogP contribution in [0.1, 0.15) is 21.4 Å². The van der Waals surface area contributed by atoms with Crippen LogP contribution in [0.5, 0.6) is 0 Å². The molecular formula is C18H25N3O2. The van der Waals surface area contributed by atoms with E-state index in [2.05, 4.69) is 15.6 Å². The number of anilines is 1. The van der Waals surface area contributed by atoms with Crippen molar-refractivity contribution in [2.45, 2.75) is 25.8 Å². The summed E-state index contributed by atoms with van der Waals surface area (Å²) in [6.45, 7) is 3.35. The highest BCUT2D eigenvalue weighted by Crippen LogP contribution is 2.21. The number of urea groups is 1. The zero-order valence-corrected chi connectivity index (χ0v) is 13.2. The summed E-state index contributed by atoms with van der Waals surface area (Å²) in [5, 5.41) is 5.80. The number of nitrogens with one attached hydrogen (secondary N) is 2. The lowest BCUT2D eigenvalue weighted by atomic mass is 10.1. The number of ether oxygens (including phenoxy) is 1. The zero-order chi connectivity index (χ0) is 16.1. The predicted octanol–water partition coefficient (Wildman–Crippen LogP) is 3.85. The molecule has 1 unspecified atom stereocenters. The highest BCUT2D eigenvalue weighted by molar-refractivity contribution is 5.89. The van der Waals surface area contributed by atoms with Gasteiger partial charge in [0.2, 0.25) is 0 Å². The van der Waals surface area contributed by atoms with Crippen molar-refractivity contribution in [2.24, 2.45) is 0 Å². The van der Waals surface area contributed by atoms with E-state index in [1.807, 2.05) is 43.3 Å². The summed E-state index contributed by atoms with van der Waals surface area (Å²) in [5.74, 6) is 0. The summed E-state index contributed by atoms with van der Waals surface area (Å²) >= 11 is 0. The molecule has 3 rings (SSSR count). The largest absolute Gasteiger partial charge is 0.379 e. The molecule has 0 saturated carbocycles. The van der Waals surface area contributed by atoms with Gasteiger partial charge >= 0.3 is 6.03 Å². The molecule has 2 heterocycles. The molecule has 1 saturated heterocycles. The summed E-state index contributed by atoms with van der Waals surface area (Å²) in [7, 11) is 0. The Kier molecular flexibility index (Phi) is 4.88. The lowest BCUT2D eigenvalue weighted by Crippen LogP contribution is -2.42. The average molecular weight is 315 g/mol. The van der Waals surface area contributed by atoms with E-state index in [9.17, 15) is 4.79 Å². The number of rotatable bonds is 3. The molecule has 0 aliphatic carbocycles. The quantitative estimate of drug-likeness (QED) is 0.904. The third-order valence-electron chi connectivity index (χ3n) is 3.87. The fraction of sp³-hybridized carbons (Fsp3) is 0.333. The van der Waals surface area contributed by atoms with Crippen molar-refractivity contribution in [3.05, 3.63) is 48.3 Å². The number of aryl methyl sites for hydroxylation is 1. The molecule has 1 aromatic carbocycles. The first-order chi connectivity index (χ1) is 11.2. The molecule has 5 nitrogen and oxygen atoms in total. The summed E-state index contributed by atoms with van der Waals surface area (Å²) < 4.78 is 5.36. The number of carbonyl (C=O) groups excluding carboxylic acids is 1. The smallest absolute Gasteiger partial charge is 0.319 e. The highest BCUT2D eigenvalue weighted by atomic mass is 16.5. The van der Waals surface area contributed by atoms with Crippen LogP contribution >= 0.6 is 0 Å². The minimum Gasteiger partial charge on any atom is -0.379 e. The van der Waals surface area contributed by atoms with Crippen molar-refractivity contribution in [3.63, 3.8) is 0 Å². The molecule has 1 aromatic heterocycles. The van der Waals surface area contributed by atoms with Gasteiger partial charge in [-0.05, 0) is 55.2 Å². The lowest BCUT2D eigenvalue weighted by molar-refractivity contribution is 0.0739. The average Bonchev–Trinajstić information content (AvgIpc) is 2.56. The van der Waals surface area contributed by atoms with Crippen LogP contribution in [0, 0.1) is 6.92 Å². The molecule has 2 aromatic rings. The van der Waals surface area contributed by atoms with Crippen LogP contribution in [-0.4, -0.2) is 30.3 Å². The Morgan fingerprint density at radius 2 is 2.09 bits per heavy atom. The van der Waals surface area contributed by atoms with Gasteiger partial charge in [-0.1, -0.05) is 12.1 Å². The fourth-order valence-electron chi connectivity index (χ4n) is 2.68. The Hall–Kier alpha value is -2.40. The number of aromatic nitrogens is 1. The summed E-state index contributed by atoms with van der Waals surface area (Å²) in [6.07, 6.45) is 3.76. The number of carbonyl (C=O) groups is 1. The first kappa shape index (κ1) is 15.5. The summed E-state index contributed by atoms with van der Waals surface area (Å²) in [5.41, 5.74) is 3.97. The van der Waals surface area contributed by atoms with Crippen LogP contribution in [0.2, 0.25) is 0 Å². The van der Waals surface area contributed by atoms with Crippen molar-refractivity contribution >= 4 is 11.7 Å². The SMILES string of the molecule is Cc1cc(-c2ccc(NC(=O)NC3CCCOC3)cc2)ccn1.[HH].[HH]. The number of nitrogens with zero attached hydrogens (tertiary/aromatic N) is 1. The molecular weight excluding hydrogens is 290 g/mol. The maximum atomic E-state index is 12.0. The third-order valence-corrected chi connectivity index (χ3v) is 3.87. The van der Waals surface area contributed by atoms with E-state index < -0.39 is 0 Å². The molecule has 1 fully saturated rings. The number of benzene rings is 1. The van der Waals surface area contributed by atoms with Gasteiger partial charge in [0, 0.05) is 27.0 Å². The topological polar surface area (TPSA) is 63.2 Å². The second-order valence-electron chi connectivity index (χ2n) is 5.78. The Balaban J connectivity index is 0.00000156. The van der Waals surface area contributed by atoms with Crippen molar-refractivity contribution in [3.8, 4) is 11.1 Å². The first-order valence-corrected chi connectivity index (χ1v) is 7.89. The van der Waals surface area contributed by atoms with E-state index in [-0.39, 0.29) is 14.9 Å². The molecule has 0 radical (unpaired) electrons. The number of hydrogen-bond acceptors (Lipinski definition) is 3. The van der Waals surface area contributed by atoms with Gasteiger partial charge < -0.3 is 15.4 Å². The number of pyridine rings is 1. The molecule has 0 bridgehead atoms. The predicted molar refractivity (Wildman–Crippen MR) is 94.6 cm³/mol. The fourth-order valence-corrected chi connectivity index (χ4v) is 2.68. The van der Waals surface area contributed by atoms with Crippen LogP contribution < -0.4 is 10.6 Å². The van der Waals surface area contributed by atoms with Gasteiger partial charge in [0.05, 0.1) is 12.6 Å². The summed E-state index contributed by atoms with van der Waals surface area (Å²) in [4.78, 5) is 16.2. The van der Waals surface area contributed by atoms with E-state index in [1.165, 1.54) is 0 Å². The Labute approximate surface area is 139 Å².